The number of carbonyl (C=O) groups is 1. The molecule has 0 spiro atoms. The predicted molar refractivity (Wildman–Crippen MR) is 88.2 cm³/mol. The van der Waals surface area contributed by atoms with Crippen LogP contribution >= 0.6 is 34.2 Å². The summed E-state index contributed by atoms with van der Waals surface area (Å²) in [6.45, 7) is 1.14. The zero-order valence-electron chi connectivity index (χ0n) is 11.5. The Morgan fingerprint density at radius 2 is 2.25 bits per heavy atom. The van der Waals surface area contributed by atoms with Gasteiger partial charge < -0.3 is 14.9 Å². The van der Waals surface area contributed by atoms with Crippen molar-refractivity contribution in [2.24, 2.45) is 0 Å². The summed E-state index contributed by atoms with van der Waals surface area (Å²) in [5, 5.41) is 10.4. The molecule has 2 unspecified atom stereocenters. The molecule has 1 N–H and O–H groups in total. The summed E-state index contributed by atoms with van der Waals surface area (Å²) < 4.78 is 0.877. The monoisotopic (exact) mass is 408 g/mol. The largest absolute Gasteiger partial charge is 0.391 e. The third-order valence-corrected chi connectivity index (χ3v) is 4.56. The maximum Gasteiger partial charge on any atom is 0.255 e. The highest BCUT2D eigenvalue weighted by Crippen LogP contribution is 2.25. The summed E-state index contributed by atoms with van der Waals surface area (Å²) in [6.07, 6.45) is 0.182. The molecule has 2 rings (SSSR count). The minimum absolute atomic E-state index is 0.0438. The molecule has 2 atom stereocenters. The van der Waals surface area contributed by atoms with Crippen LogP contribution in [0.1, 0.15) is 16.8 Å². The van der Waals surface area contributed by atoms with Crippen LogP contribution in [-0.4, -0.2) is 60.1 Å². The summed E-state index contributed by atoms with van der Waals surface area (Å²) in [7, 11) is 3.94. The van der Waals surface area contributed by atoms with E-state index >= 15 is 0 Å². The van der Waals surface area contributed by atoms with Crippen molar-refractivity contribution in [3.05, 3.63) is 32.4 Å². The van der Waals surface area contributed by atoms with Crippen LogP contribution < -0.4 is 0 Å². The molecular formula is C14H18ClIN2O2. The molecule has 1 fully saturated rings. The molecule has 1 aromatic carbocycles. The lowest BCUT2D eigenvalue weighted by Gasteiger charge is -2.27. The van der Waals surface area contributed by atoms with Crippen LogP contribution in [0.5, 0.6) is 0 Å². The highest BCUT2D eigenvalue weighted by Gasteiger charge is 2.35. The Balaban J connectivity index is 2.24. The van der Waals surface area contributed by atoms with Gasteiger partial charge in [0.15, 0.2) is 0 Å². The van der Waals surface area contributed by atoms with Crippen LogP contribution in [0.3, 0.4) is 0 Å². The minimum atomic E-state index is -0.444. The lowest BCUT2D eigenvalue weighted by molar-refractivity contribution is 0.0698. The van der Waals surface area contributed by atoms with Crippen molar-refractivity contribution < 1.29 is 9.90 Å². The third-order valence-electron chi connectivity index (χ3n) is 3.39. The van der Waals surface area contributed by atoms with Crippen molar-refractivity contribution in [1.29, 1.82) is 0 Å². The van der Waals surface area contributed by atoms with Crippen LogP contribution in [0.15, 0.2) is 18.2 Å². The van der Waals surface area contributed by atoms with Crippen LogP contribution in [0.2, 0.25) is 5.02 Å². The summed E-state index contributed by atoms with van der Waals surface area (Å²) >= 11 is 8.12. The zero-order chi connectivity index (χ0) is 14.9. The maximum absolute atomic E-state index is 12.7. The van der Waals surface area contributed by atoms with Gasteiger partial charge in [0, 0.05) is 27.7 Å². The normalized spacial score (nSPS) is 22.6. The Hall–Kier alpha value is -0.370. The average molecular weight is 409 g/mol. The first-order chi connectivity index (χ1) is 9.38. The number of halogens is 2. The van der Waals surface area contributed by atoms with Crippen molar-refractivity contribution in [1.82, 2.24) is 9.80 Å². The highest BCUT2D eigenvalue weighted by atomic mass is 127. The Morgan fingerprint density at radius 3 is 2.90 bits per heavy atom. The average Bonchev–Trinajstić information content (AvgIpc) is 2.71. The number of β-amino-alcohol motifs (C(OH)–C–C–N with tert-alkyl or cyclic N) is 1. The minimum Gasteiger partial charge on any atom is -0.391 e. The van der Waals surface area contributed by atoms with Gasteiger partial charge in [-0.25, -0.2) is 0 Å². The second-order valence-corrected chi connectivity index (χ2v) is 6.99. The first-order valence-electron chi connectivity index (χ1n) is 6.47. The van der Waals surface area contributed by atoms with Crippen molar-refractivity contribution in [2.75, 3.05) is 27.2 Å². The Morgan fingerprint density at radius 1 is 1.55 bits per heavy atom. The van der Waals surface area contributed by atoms with Gasteiger partial charge in [0.2, 0.25) is 0 Å². The second-order valence-electron chi connectivity index (χ2n) is 5.39. The van der Waals surface area contributed by atoms with E-state index in [1.807, 2.05) is 25.1 Å². The molecule has 6 heteroatoms. The lowest BCUT2D eigenvalue weighted by Crippen LogP contribution is -2.41. The van der Waals surface area contributed by atoms with Gasteiger partial charge in [-0.1, -0.05) is 11.6 Å². The number of benzene rings is 1. The smallest absolute Gasteiger partial charge is 0.255 e. The first-order valence-corrected chi connectivity index (χ1v) is 7.93. The Labute approximate surface area is 137 Å². The molecule has 4 nitrogen and oxygen atoms in total. The van der Waals surface area contributed by atoms with Crippen molar-refractivity contribution in [3.63, 3.8) is 0 Å². The quantitative estimate of drug-likeness (QED) is 0.779. The molecule has 0 saturated carbocycles. The van der Waals surface area contributed by atoms with Crippen LogP contribution in [0.25, 0.3) is 0 Å². The van der Waals surface area contributed by atoms with E-state index < -0.39 is 6.10 Å². The van der Waals surface area contributed by atoms with Crippen molar-refractivity contribution >= 4 is 40.1 Å². The van der Waals surface area contributed by atoms with Crippen LogP contribution in [0, 0.1) is 3.57 Å². The SMILES string of the molecule is CN(C)CC1CC(O)CN1C(=O)c1cc(Cl)ccc1I. The summed E-state index contributed by atoms with van der Waals surface area (Å²) in [5.74, 6) is -0.0553. The van der Waals surface area contributed by atoms with Crippen LogP contribution in [-0.2, 0) is 0 Å². The van der Waals surface area contributed by atoms with Gasteiger partial charge in [0.25, 0.3) is 5.91 Å². The van der Waals surface area contributed by atoms with Crippen molar-refractivity contribution in [2.45, 2.75) is 18.6 Å². The fraction of sp³-hybridized carbons (Fsp3) is 0.500. The molecule has 1 amide bonds. The maximum atomic E-state index is 12.7. The van der Waals surface area contributed by atoms with E-state index in [4.69, 9.17) is 11.6 Å². The molecule has 1 saturated heterocycles. The molecule has 1 aliphatic rings. The first kappa shape index (κ1) is 16.0. The molecular weight excluding hydrogens is 391 g/mol. The number of likely N-dealkylation sites (N-methyl/N-ethyl adjacent to an activating group) is 1. The topological polar surface area (TPSA) is 43.8 Å². The summed E-state index contributed by atoms with van der Waals surface area (Å²) in [4.78, 5) is 16.5. The van der Waals surface area contributed by atoms with E-state index in [2.05, 4.69) is 22.6 Å². The predicted octanol–water partition coefficient (Wildman–Crippen LogP) is 2.08. The molecule has 110 valence electrons. The number of aliphatic hydroxyl groups is 1. The zero-order valence-corrected chi connectivity index (χ0v) is 14.4. The van der Waals surface area contributed by atoms with Crippen LogP contribution in [0.4, 0.5) is 0 Å². The standard InChI is InChI=1S/C14H18ClIN2O2/c1-17(2)7-10-6-11(19)8-18(10)14(20)12-5-9(15)3-4-13(12)16/h3-5,10-11,19H,6-8H2,1-2H3. The molecule has 0 aromatic heterocycles. The molecule has 1 aromatic rings. The number of rotatable bonds is 3. The lowest BCUT2D eigenvalue weighted by atomic mass is 10.1. The van der Waals surface area contributed by atoms with E-state index in [0.29, 0.717) is 23.6 Å². The van der Waals surface area contributed by atoms with Gasteiger partial charge in [0.05, 0.1) is 11.7 Å². The molecule has 1 aliphatic heterocycles. The summed E-state index contributed by atoms with van der Waals surface area (Å²) in [5.41, 5.74) is 0.607. The van der Waals surface area contributed by atoms with E-state index in [1.165, 1.54) is 0 Å². The second kappa shape index (κ2) is 6.60. The summed E-state index contributed by atoms with van der Waals surface area (Å²) in [6, 6.07) is 5.35. The van der Waals surface area contributed by atoms with Gasteiger partial charge in [-0.15, -0.1) is 0 Å². The molecule has 0 aliphatic carbocycles. The number of hydrogen-bond acceptors (Lipinski definition) is 3. The molecule has 1 heterocycles. The van der Waals surface area contributed by atoms with E-state index in [0.717, 1.165) is 10.1 Å². The van der Waals surface area contributed by atoms with Gasteiger partial charge in [-0.05, 0) is 61.3 Å². The molecule has 0 radical (unpaired) electrons. The Bertz CT molecular complexity index is 510. The fourth-order valence-electron chi connectivity index (χ4n) is 2.55. The van der Waals surface area contributed by atoms with Crippen molar-refractivity contribution in [3.8, 4) is 0 Å². The fourth-order valence-corrected chi connectivity index (χ4v) is 3.29. The number of hydrogen-bond donors (Lipinski definition) is 1. The molecule has 0 bridgehead atoms. The van der Waals surface area contributed by atoms with E-state index in [-0.39, 0.29) is 11.9 Å². The number of aliphatic hydroxyl groups excluding tert-OH is 1. The van der Waals surface area contributed by atoms with Gasteiger partial charge in [0.1, 0.15) is 0 Å². The number of likely N-dealkylation sites (tertiary alicyclic amines) is 1. The third kappa shape index (κ3) is 3.63. The molecule has 20 heavy (non-hydrogen) atoms. The van der Waals surface area contributed by atoms with E-state index in [1.54, 1.807) is 17.0 Å². The number of carbonyl (C=O) groups excluding carboxylic acids is 1. The highest BCUT2D eigenvalue weighted by molar-refractivity contribution is 14.1. The van der Waals surface area contributed by atoms with Gasteiger partial charge >= 0.3 is 0 Å². The Kier molecular flexibility index (Phi) is 5.28. The number of amides is 1. The van der Waals surface area contributed by atoms with Gasteiger partial charge in [-0.3, -0.25) is 4.79 Å². The number of nitrogens with zero attached hydrogens (tertiary/aromatic N) is 2. The van der Waals surface area contributed by atoms with Gasteiger partial charge in [-0.2, -0.15) is 0 Å². The van der Waals surface area contributed by atoms with E-state index in [9.17, 15) is 9.90 Å².